The monoisotopic (exact) mass is 324 g/mol. The number of nitro groups is 1. The Kier molecular flexibility index (Phi) is 3.91. The van der Waals surface area contributed by atoms with E-state index in [-0.39, 0.29) is 5.69 Å². The number of hydrogen-bond acceptors (Lipinski definition) is 6. The fourth-order valence-electron chi connectivity index (χ4n) is 1.33. The predicted molar refractivity (Wildman–Crippen MR) is 72.4 cm³/mol. The average Bonchev–Trinajstić information content (AvgIpc) is 2.41. The van der Waals surface area contributed by atoms with E-state index in [9.17, 15) is 10.1 Å². The second-order valence-electron chi connectivity index (χ2n) is 3.47. The first kappa shape index (κ1) is 13.2. The van der Waals surface area contributed by atoms with Crippen LogP contribution in [0, 0.1) is 10.1 Å². The molecule has 1 aromatic carbocycles. The smallest absolute Gasteiger partial charge is 0.273 e. The molecule has 0 aliphatic heterocycles. The molecule has 0 bridgehead atoms. The number of nitro benzene ring substituents is 1. The van der Waals surface area contributed by atoms with Crippen molar-refractivity contribution in [1.29, 1.82) is 0 Å². The number of benzene rings is 1. The van der Waals surface area contributed by atoms with E-state index in [4.69, 9.17) is 4.74 Å². The van der Waals surface area contributed by atoms with Crippen molar-refractivity contribution in [3.63, 3.8) is 0 Å². The number of rotatable bonds is 4. The van der Waals surface area contributed by atoms with Crippen molar-refractivity contribution in [2.75, 3.05) is 12.4 Å². The van der Waals surface area contributed by atoms with Gasteiger partial charge in [0.25, 0.3) is 5.69 Å². The lowest BCUT2D eigenvalue weighted by Crippen LogP contribution is -1.96. The van der Waals surface area contributed by atoms with Crippen LogP contribution in [-0.2, 0) is 0 Å². The van der Waals surface area contributed by atoms with Crippen LogP contribution in [0.1, 0.15) is 0 Å². The fraction of sp³-hybridized carbons (Fsp3) is 0.0909. The molecular weight excluding hydrogens is 316 g/mol. The van der Waals surface area contributed by atoms with Crippen molar-refractivity contribution in [1.82, 2.24) is 9.97 Å². The molecule has 2 aromatic rings. The van der Waals surface area contributed by atoms with E-state index in [2.05, 4.69) is 31.2 Å². The van der Waals surface area contributed by atoms with Gasteiger partial charge in [0.15, 0.2) is 5.75 Å². The molecule has 0 radical (unpaired) electrons. The molecule has 7 nitrogen and oxygen atoms in total. The molecule has 0 saturated carbocycles. The lowest BCUT2D eigenvalue weighted by molar-refractivity contribution is -0.384. The maximum Gasteiger partial charge on any atom is 0.273 e. The van der Waals surface area contributed by atoms with Crippen molar-refractivity contribution >= 4 is 27.4 Å². The van der Waals surface area contributed by atoms with Gasteiger partial charge in [-0.2, -0.15) is 0 Å². The lowest BCUT2D eigenvalue weighted by Gasteiger charge is -2.07. The highest BCUT2D eigenvalue weighted by Gasteiger charge is 2.12. The van der Waals surface area contributed by atoms with Crippen molar-refractivity contribution in [3.05, 3.63) is 45.2 Å². The molecule has 0 saturated heterocycles. The summed E-state index contributed by atoms with van der Waals surface area (Å²) in [7, 11) is 1.72. The Hall–Kier alpha value is -2.22. The van der Waals surface area contributed by atoms with E-state index < -0.39 is 4.92 Å². The third-order valence-corrected chi connectivity index (χ3v) is 2.89. The van der Waals surface area contributed by atoms with Gasteiger partial charge in [0.2, 0.25) is 5.88 Å². The Labute approximate surface area is 116 Å². The number of hydrogen-bond donors (Lipinski definition) is 1. The van der Waals surface area contributed by atoms with E-state index in [1.165, 1.54) is 18.5 Å². The first-order chi connectivity index (χ1) is 9.10. The molecule has 0 aliphatic carbocycles. The van der Waals surface area contributed by atoms with Crippen LogP contribution in [0.5, 0.6) is 11.6 Å². The number of ether oxygens (including phenoxy) is 1. The fourth-order valence-corrected chi connectivity index (χ4v) is 1.66. The van der Waals surface area contributed by atoms with Crippen molar-refractivity contribution in [2.45, 2.75) is 0 Å². The van der Waals surface area contributed by atoms with Crippen molar-refractivity contribution < 1.29 is 9.66 Å². The van der Waals surface area contributed by atoms with Gasteiger partial charge in [-0.05, 0) is 22.0 Å². The van der Waals surface area contributed by atoms with E-state index in [0.717, 1.165) is 0 Å². The predicted octanol–water partition coefficient (Wildman–Crippen LogP) is 2.98. The molecule has 0 atom stereocenters. The Morgan fingerprint density at radius 3 is 2.84 bits per heavy atom. The zero-order chi connectivity index (χ0) is 13.8. The largest absolute Gasteiger partial charge is 0.437 e. The highest BCUT2D eigenvalue weighted by molar-refractivity contribution is 9.10. The average molecular weight is 325 g/mol. The molecule has 1 heterocycles. The van der Waals surface area contributed by atoms with Crippen LogP contribution in [0.3, 0.4) is 0 Å². The molecule has 0 spiro atoms. The normalized spacial score (nSPS) is 10.0. The summed E-state index contributed by atoms with van der Waals surface area (Å²) in [5.41, 5.74) is -0.0545. The minimum absolute atomic E-state index is 0.0545. The Bertz CT molecular complexity index is 621. The van der Waals surface area contributed by atoms with Gasteiger partial charge in [0.05, 0.1) is 15.5 Å². The number of anilines is 1. The maximum absolute atomic E-state index is 10.7. The second kappa shape index (κ2) is 5.61. The van der Waals surface area contributed by atoms with Crippen LogP contribution in [0.2, 0.25) is 0 Å². The van der Waals surface area contributed by atoms with Gasteiger partial charge >= 0.3 is 0 Å². The molecule has 1 N–H and O–H groups in total. The number of nitrogens with zero attached hydrogens (tertiary/aromatic N) is 3. The molecule has 98 valence electrons. The lowest BCUT2D eigenvalue weighted by atomic mass is 10.3. The summed E-state index contributed by atoms with van der Waals surface area (Å²) >= 11 is 3.27. The molecule has 8 heteroatoms. The zero-order valence-electron chi connectivity index (χ0n) is 9.83. The molecule has 0 aliphatic rings. The van der Waals surface area contributed by atoms with E-state index in [1.54, 1.807) is 19.2 Å². The van der Waals surface area contributed by atoms with Crippen LogP contribution in [0.25, 0.3) is 0 Å². The van der Waals surface area contributed by atoms with Gasteiger partial charge < -0.3 is 10.1 Å². The molecular formula is C11H9BrN4O3. The summed E-state index contributed by atoms with van der Waals surface area (Å²) in [6.07, 6.45) is 1.34. The molecule has 0 unspecified atom stereocenters. The van der Waals surface area contributed by atoms with Gasteiger partial charge in [-0.1, -0.05) is 0 Å². The summed E-state index contributed by atoms with van der Waals surface area (Å²) in [5.74, 6) is 1.20. The second-order valence-corrected chi connectivity index (χ2v) is 4.32. The summed E-state index contributed by atoms with van der Waals surface area (Å²) in [4.78, 5) is 18.1. The standard InChI is InChI=1S/C11H9BrN4O3/c1-13-10-5-11(15-6-14-10)19-9-4-7(16(17)18)2-3-8(9)12/h2-6H,1H3,(H,13,14,15). The van der Waals surface area contributed by atoms with Gasteiger partial charge in [0, 0.05) is 19.2 Å². The SMILES string of the molecule is CNc1cc(Oc2cc([N+](=O)[O-])ccc2Br)ncn1. The van der Waals surface area contributed by atoms with Gasteiger partial charge in [0.1, 0.15) is 12.1 Å². The summed E-state index contributed by atoms with van der Waals surface area (Å²) in [6.45, 7) is 0. The van der Waals surface area contributed by atoms with Crippen molar-refractivity contribution in [3.8, 4) is 11.6 Å². The molecule has 0 amide bonds. The molecule has 1 aromatic heterocycles. The first-order valence-corrected chi connectivity index (χ1v) is 6.01. The minimum Gasteiger partial charge on any atom is -0.437 e. The van der Waals surface area contributed by atoms with E-state index in [1.807, 2.05) is 0 Å². The van der Waals surface area contributed by atoms with E-state index >= 15 is 0 Å². The number of non-ortho nitro benzene ring substituents is 1. The van der Waals surface area contributed by atoms with Crippen LogP contribution in [0.4, 0.5) is 11.5 Å². The summed E-state index contributed by atoms with van der Waals surface area (Å²) < 4.78 is 6.10. The van der Waals surface area contributed by atoms with Crippen molar-refractivity contribution in [2.24, 2.45) is 0 Å². The molecule has 2 rings (SSSR count). The third-order valence-electron chi connectivity index (χ3n) is 2.24. The number of halogens is 1. The summed E-state index contributed by atoms with van der Waals surface area (Å²) in [5, 5.41) is 13.6. The molecule has 19 heavy (non-hydrogen) atoms. The van der Waals surface area contributed by atoms with Gasteiger partial charge in [-0.25, -0.2) is 9.97 Å². The van der Waals surface area contributed by atoms with Gasteiger partial charge in [-0.15, -0.1) is 0 Å². The number of aromatic nitrogens is 2. The Morgan fingerprint density at radius 2 is 2.16 bits per heavy atom. The van der Waals surface area contributed by atoms with Crippen LogP contribution >= 0.6 is 15.9 Å². The van der Waals surface area contributed by atoms with Crippen LogP contribution in [0.15, 0.2) is 35.1 Å². The Balaban J connectivity index is 2.31. The third kappa shape index (κ3) is 3.16. The number of nitrogens with one attached hydrogen (secondary N) is 1. The topological polar surface area (TPSA) is 90.2 Å². The highest BCUT2D eigenvalue weighted by atomic mass is 79.9. The minimum atomic E-state index is -0.488. The zero-order valence-corrected chi connectivity index (χ0v) is 11.4. The molecule has 0 fully saturated rings. The van der Waals surface area contributed by atoms with Gasteiger partial charge in [-0.3, -0.25) is 10.1 Å². The van der Waals surface area contributed by atoms with Crippen LogP contribution in [-0.4, -0.2) is 21.9 Å². The summed E-state index contributed by atoms with van der Waals surface area (Å²) in [6, 6.07) is 5.85. The van der Waals surface area contributed by atoms with E-state index in [0.29, 0.717) is 21.9 Å². The highest BCUT2D eigenvalue weighted by Crippen LogP contribution is 2.32. The first-order valence-electron chi connectivity index (χ1n) is 5.21. The van der Waals surface area contributed by atoms with Crippen LogP contribution < -0.4 is 10.1 Å². The quantitative estimate of drug-likeness (QED) is 0.686. The maximum atomic E-state index is 10.7. The Morgan fingerprint density at radius 1 is 1.37 bits per heavy atom.